The number of ketones is 1. The number of Topliss-reactive ketones (excluding diaryl/α,β-unsaturated/α-hetero) is 1. The van der Waals surface area contributed by atoms with Crippen molar-refractivity contribution in [1.82, 2.24) is 0 Å². The summed E-state index contributed by atoms with van der Waals surface area (Å²) in [5.41, 5.74) is 0.116. The Morgan fingerprint density at radius 2 is 1.89 bits per heavy atom. The van der Waals surface area contributed by atoms with Crippen molar-refractivity contribution in [2.24, 2.45) is 0 Å². The van der Waals surface area contributed by atoms with Gasteiger partial charge in [-0.2, -0.15) is 18.4 Å². The second kappa shape index (κ2) is 5.67. The van der Waals surface area contributed by atoms with Crippen molar-refractivity contribution in [3.8, 4) is 6.07 Å². The second-order valence-electron chi connectivity index (χ2n) is 3.88. The molecule has 1 rings (SSSR count). The van der Waals surface area contributed by atoms with Crippen molar-refractivity contribution < 1.29 is 23.1 Å². The van der Waals surface area contributed by atoms with Gasteiger partial charge < -0.3 is 5.11 Å². The largest absolute Gasteiger partial charge is 0.414 e. The van der Waals surface area contributed by atoms with Crippen molar-refractivity contribution in [2.45, 2.75) is 18.7 Å². The van der Waals surface area contributed by atoms with Crippen LogP contribution in [-0.4, -0.2) is 23.2 Å². The van der Waals surface area contributed by atoms with E-state index in [4.69, 9.17) is 10.4 Å². The standard InChI is InChI=1S/C13H10F3NO2/c1-8(6-11(18)13(14,15)16)12(19)10-4-2-9(7-17)3-5-10/h2-5,11,18H,1,6H2. The molecule has 0 saturated carbocycles. The van der Waals surface area contributed by atoms with E-state index in [1.165, 1.54) is 24.3 Å². The molecule has 0 radical (unpaired) electrons. The summed E-state index contributed by atoms with van der Waals surface area (Å²) in [6.07, 6.45) is -8.27. The highest BCUT2D eigenvalue weighted by molar-refractivity contribution is 6.08. The molecule has 0 amide bonds. The first kappa shape index (κ1) is 14.9. The Hall–Kier alpha value is -2.13. The van der Waals surface area contributed by atoms with Gasteiger partial charge in [-0.05, 0) is 29.8 Å². The maximum atomic E-state index is 12.1. The van der Waals surface area contributed by atoms with E-state index in [-0.39, 0.29) is 11.1 Å². The Morgan fingerprint density at radius 3 is 2.32 bits per heavy atom. The van der Waals surface area contributed by atoms with E-state index in [2.05, 4.69) is 6.58 Å². The third-order valence-electron chi connectivity index (χ3n) is 2.41. The fourth-order valence-corrected chi connectivity index (χ4v) is 1.34. The van der Waals surface area contributed by atoms with Gasteiger partial charge in [0.25, 0.3) is 0 Å². The maximum absolute atomic E-state index is 12.1. The summed E-state index contributed by atoms with van der Waals surface area (Å²) in [5, 5.41) is 17.4. The summed E-state index contributed by atoms with van der Waals surface area (Å²) >= 11 is 0. The smallest absolute Gasteiger partial charge is 0.383 e. The summed E-state index contributed by atoms with van der Waals surface area (Å²) < 4.78 is 36.4. The molecule has 100 valence electrons. The SMILES string of the molecule is C=C(CC(O)C(F)(F)F)C(=O)c1ccc(C#N)cc1. The molecule has 1 N–H and O–H groups in total. The fraction of sp³-hybridized carbons (Fsp3) is 0.231. The van der Waals surface area contributed by atoms with Crippen LogP contribution in [0.3, 0.4) is 0 Å². The van der Waals surface area contributed by atoms with E-state index in [1.54, 1.807) is 0 Å². The highest BCUT2D eigenvalue weighted by atomic mass is 19.4. The molecule has 1 atom stereocenters. The molecule has 3 nitrogen and oxygen atoms in total. The van der Waals surface area contributed by atoms with E-state index < -0.39 is 24.5 Å². The fourth-order valence-electron chi connectivity index (χ4n) is 1.34. The van der Waals surface area contributed by atoms with Crippen LogP contribution in [0.15, 0.2) is 36.4 Å². The zero-order chi connectivity index (χ0) is 14.6. The van der Waals surface area contributed by atoms with Gasteiger partial charge in [0.2, 0.25) is 0 Å². The summed E-state index contributed by atoms with van der Waals surface area (Å²) in [4.78, 5) is 11.7. The van der Waals surface area contributed by atoms with Crippen LogP contribution < -0.4 is 0 Å². The van der Waals surface area contributed by atoms with Gasteiger partial charge in [0.05, 0.1) is 11.6 Å². The molecule has 0 spiro atoms. The third-order valence-corrected chi connectivity index (χ3v) is 2.41. The monoisotopic (exact) mass is 269 g/mol. The number of aliphatic hydroxyl groups excluding tert-OH is 1. The van der Waals surface area contributed by atoms with Crippen LogP contribution in [0.4, 0.5) is 13.2 Å². The first-order valence-corrected chi connectivity index (χ1v) is 5.23. The molecule has 19 heavy (non-hydrogen) atoms. The number of carbonyl (C=O) groups excluding carboxylic acids is 1. The summed E-state index contributed by atoms with van der Waals surface area (Å²) in [6.45, 7) is 3.25. The molecule has 0 saturated heterocycles. The lowest BCUT2D eigenvalue weighted by Gasteiger charge is -2.15. The molecular weight excluding hydrogens is 259 g/mol. The molecule has 0 aliphatic rings. The zero-order valence-electron chi connectivity index (χ0n) is 9.74. The lowest BCUT2D eigenvalue weighted by molar-refractivity contribution is -0.202. The first-order valence-electron chi connectivity index (χ1n) is 5.23. The van der Waals surface area contributed by atoms with Crippen LogP contribution in [-0.2, 0) is 0 Å². The van der Waals surface area contributed by atoms with Gasteiger partial charge in [0.1, 0.15) is 0 Å². The minimum absolute atomic E-state index is 0.123. The van der Waals surface area contributed by atoms with Crippen molar-refractivity contribution in [1.29, 1.82) is 5.26 Å². The molecular formula is C13H10F3NO2. The van der Waals surface area contributed by atoms with Crippen molar-refractivity contribution in [3.63, 3.8) is 0 Å². The van der Waals surface area contributed by atoms with Gasteiger partial charge in [0.15, 0.2) is 11.9 Å². The maximum Gasteiger partial charge on any atom is 0.414 e. The van der Waals surface area contributed by atoms with Gasteiger partial charge in [-0.15, -0.1) is 0 Å². The molecule has 0 heterocycles. The van der Waals surface area contributed by atoms with E-state index in [0.29, 0.717) is 5.56 Å². The molecule has 0 aliphatic heterocycles. The molecule has 6 heteroatoms. The first-order chi connectivity index (χ1) is 8.75. The highest BCUT2D eigenvalue weighted by Gasteiger charge is 2.38. The van der Waals surface area contributed by atoms with Crippen LogP contribution >= 0.6 is 0 Å². The molecule has 1 aromatic carbocycles. The van der Waals surface area contributed by atoms with Gasteiger partial charge in [0, 0.05) is 12.0 Å². The number of alkyl halides is 3. The number of nitrogens with zero attached hydrogens (tertiary/aromatic N) is 1. The summed E-state index contributed by atoms with van der Waals surface area (Å²) in [6, 6.07) is 7.25. The minimum Gasteiger partial charge on any atom is -0.383 e. The number of halogens is 3. The van der Waals surface area contributed by atoms with Gasteiger partial charge in [-0.25, -0.2) is 0 Å². The van der Waals surface area contributed by atoms with Crippen LogP contribution in [0.2, 0.25) is 0 Å². The molecule has 1 aromatic rings. The number of nitriles is 1. The quantitative estimate of drug-likeness (QED) is 0.675. The van der Waals surface area contributed by atoms with Crippen molar-refractivity contribution >= 4 is 5.78 Å². The van der Waals surface area contributed by atoms with E-state index in [9.17, 15) is 18.0 Å². The number of benzene rings is 1. The number of hydrogen-bond donors (Lipinski definition) is 1. The molecule has 0 fully saturated rings. The summed E-state index contributed by atoms with van der Waals surface area (Å²) in [7, 11) is 0. The normalized spacial score (nSPS) is 12.6. The zero-order valence-corrected chi connectivity index (χ0v) is 9.74. The average molecular weight is 269 g/mol. The van der Waals surface area contributed by atoms with Crippen molar-refractivity contribution in [2.75, 3.05) is 0 Å². The van der Waals surface area contributed by atoms with Crippen LogP contribution in [0.1, 0.15) is 22.3 Å². The van der Waals surface area contributed by atoms with Gasteiger partial charge >= 0.3 is 6.18 Å². The Bertz CT molecular complexity index is 526. The van der Waals surface area contributed by atoms with E-state index in [0.717, 1.165) is 0 Å². The topological polar surface area (TPSA) is 61.1 Å². The lowest BCUT2D eigenvalue weighted by Crippen LogP contribution is -2.29. The van der Waals surface area contributed by atoms with E-state index in [1.807, 2.05) is 6.07 Å². The van der Waals surface area contributed by atoms with Gasteiger partial charge in [-0.1, -0.05) is 6.58 Å². The number of aliphatic hydroxyl groups is 1. The molecule has 1 unspecified atom stereocenters. The number of hydrogen-bond acceptors (Lipinski definition) is 3. The van der Waals surface area contributed by atoms with Crippen molar-refractivity contribution in [3.05, 3.63) is 47.5 Å². The minimum atomic E-state index is -4.78. The Labute approximate surface area is 107 Å². The van der Waals surface area contributed by atoms with Crippen LogP contribution in [0.25, 0.3) is 0 Å². The second-order valence-corrected chi connectivity index (χ2v) is 3.88. The average Bonchev–Trinajstić information content (AvgIpc) is 2.36. The molecule has 0 bridgehead atoms. The highest BCUT2D eigenvalue weighted by Crippen LogP contribution is 2.25. The number of carbonyl (C=O) groups is 1. The predicted molar refractivity (Wildman–Crippen MR) is 61.3 cm³/mol. The molecule has 0 aromatic heterocycles. The van der Waals surface area contributed by atoms with Crippen LogP contribution in [0, 0.1) is 11.3 Å². The lowest BCUT2D eigenvalue weighted by atomic mass is 9.99. The Balaban J connectivity index is 2.77. The third kappa shape index (κ3) is 3.93. The Morgan fingerprint density at radius 1 is 1.37 bits per heavy atom. The molecule has 0 aliphatic carbocycles. The summed E-state index contributed by atoms with van der Waals surface area (Å²) in [5.74, 6) is -0.687. The predicted octanol–water partition coefficient (Wildman–Crippen LogP) is 2.61. The van der Waals surface area contributed by atoms with Crippen LogP contribution in [0.5, 0.6) is 0 Å². The number of rotatable bonds is 4. The van der Waals surface area contributed by atoms with E-state index >= 15 is 0 Å². The van der Waals surface area contributed by atoms with Gasteiger partial charge in [-0.3, -0.25) is 4.79 Å². The Kier molecular flexibility index (Phi) is 4.46.